The van der Waals surface area contributed by atoms with Gasteiger partial charge in [-0.1, -0.05) is 0 Å². The van der Waals surface area contributed by atoms with E-state index in [1.54, 1.807) is 6.07 Å². The molecule has 8 heteroatoms. The third kappa shape index (κ3) is 3.54. The van der Waals surface area contributed by atoms with E-state index in [-0.39, 0.29) is 12.0 Å². The maximum absolute atomic E-state index is 5.45. The maximum atomic E-state index is 5.45. The van der Waals surface area contributed by atoms with Crippen LogP contribution in [0.3, 0.4) is 0 Å². The molecule has 0 amide bonds. The van der Waals surface area contributed by atoms with Gasteiger partial charge in [-0.25, -0.2) is 0 Å². The first-order valence-corrected chi connectivity index (χ1v) is 6.04. The SMILES string of the molecule is CCNc1nc(OCC)nc(Oc2cc(C)[nH]n2)n1. The third-order valence-corrected chi connectivity index (χ3v) is 2.08. The normalized spacial score (nSPS) is 10.3. The van der Waals surface area contributed by atoms with Gasteiger partial charge in [0.25, 0.3) is 0 Å². The molecular formula is C11H16N6O2. The Bertz CT molecular complexity index is 517. The van der Waals surface area contributed by atoms with E-state index in [0.717, 1.165) is 5.69 Å². The maximum Gasteiger partial charge on any atom is 0.331 e. The van der Waals surface area contributed by atoms with Crippen LogP contribution in [0.1, 0.15) is 19.5 Å². The third-order valence-electron chi connectivity index (χ3n) is 2.08. The zero-order valence-electron chi connectivity index (χ0n) is 11.1. The molecule has 0 saturated heterocycles. The summed E-state index contributed by atoms with van der Waals surface area (Å²) in [5.41, 5.74) is 0.890. The molecule has 19 heavy (non-hydrogen) atoms. The van der Waals surface area contributed by atoms with E-state index >= 15 is 0 Å². The molecule has 0 unspecified atom stereocenters. The first-order chi connectivity index (χ1) is 9.21. The summed E-state index contributed by atoms with van der Waals surface area (Å²) in [5, 5.41) is 9.72. The van der Waals surface area contributed by atoms with Crippen LogP contribution in [0.2, 0.25) is 0 Å². The lowest BCUT2D eigenvalue weighted by Crippen LogP contribution is -2.07. The number of ether oxygens (including phenoxy) is 2. The van der Waals surface area contributed by atoms with Crippen LogP contribution in [0.15, 0.2) is 6.07 Å². The van der Waals surface area contributed by atoms with E-state index in [0.29, 0.717) is 25.0 Å². The van der Waals surface area contributed by atoms with Gasteiger partial charge in [0.05, 0.1) is 6.61 Å². The lowest BCUT2D eigenvalue weighted by atomic mass is 10.5. The number of anilines is 1. The zero-order valence-corrected chi connectivity index (χ0v) is 11.1. The van der Waals surface area contributed by atoms with E-state index in [2.05, 4.69) is 30.5 Å². The molecule has 0 aromatic carbocycles. The molecule has 2 aromatic heterocycles. The van der Waals surface area contributed by atoms with Crippen LogP contribution in [0.25, 0.3) is 0 Å². The Labute approximate surface area is 110 Å². The average Bonchev–Trinajstić information content (AvgIpc) is 2.75. The number of aryl methyl sites for hydroxylation is 1. The van der Waals surface area contributed by atoms with Crippen LogP contribution in [-0.4, -0.2) is 38.3 Å². The number of rotatable bonds is 6. The predicted octanol–water partition coefficient (Wildman–Crippen LogP) is 1.53. The minimum absolute atomic E-state index is 0.140. The van der Waals surface area contributed by atoms with Crippen molar-refractivity contribution in [2.45, 2.75) is 20.8 Å². The summed E-state index contributed by atoms with van der Waals surface area (Å²) in [6.45, 7) is 6.84. The number of aromatic nitrogens is 5. The molecule has 0 atom stereocenters. The topological polar surface area (TPSA) is 97.8 Å². The van der Waals surface area contributed by atoms with Gasteiger partial charge >= 0.3 is 12.0 Å². The lowest BCUT2D eigenvalue weighted by molar-refractivity contribution is 0.303. The smallest absolute Gasteiger partial charge is 0.331 e. The van der Waals surface area contributed by atoms with Crippen molar-refractivity contribution in [1.82, 2.24) is 25.1 Å². The minimum atomic E-state index is 0.140. The van der Waals surface area contributed by atoms with Crippen LogP contribution in [0.5, 0.6) is 17.9 Å². The monoisotopic (exact) mass is 264 g/mol. The van der Waals surface area contributed by atoms with Crippen LogP contribution in [0.4, 0.5) is 5.95 Å². The standard InChI is InChI=1S/C11H16N6O2/c1-4-12-9-13-10(18-5-2)15-11(14-9)19-8-6-7(3)16-17-8/h6H,4-5H2,1-3H3,(H,16,17)(H,12,13,14,15). The van der Waals surface area contributed by atoms with E-state index in [9.17, 15) is 0 Å². The molecule has 0 spiro atoms. The van der Waals surface area contributed by atoms with Gasteiger partial charge in [0.2, 0.25) is 11.8 Å². The summed E-state index contributed by atoms with van der Waals surface area (Å²) in [7, 11) is 0. The number of aromatic amines is 1. The van der Waals surface area contributed by atoms with Crippen LogP contribution < -0.4 is 14.8 Å². The van der Waals surface area contributed by atoms with Crippen molar-refractivity contribution in [1.29, 1.82) is 0 Å². The summed E-state index contributed by atoms with van der Waals surface area (Å²) in [6, 6.07) is 2.11. The van der Waals surface area contributed by atoms with Gasteiger partial charge in [-0.15, -0.1) is 10.1 Å². The molecule has 0 bridgehead atoms. The van der Waals surface area contributed by atoms with Gasteiger partial charge in [0.15, 0.2) is 0 Å². The quantitative estimate of drug-likeness (QED) is 0.816. The predicted molar refractivity (Wildman–Crippen MR) is 68.6 cm³/mol. The molecule has 0 radical (unpaired) electrons. The lowest BCUT2D eigenvalue weighted by Gasteiger charge is -2.07. The van der Waals surface area contributed by atoms with Gasteiger partial charge in [-0.05, 0) is 20.8 Å². The molecule has 2 rings (SSSR count). The van der Waals surface area contributed by atoms with Crippen LogP contribution in [-0.2, 0) is 0 Å². The molecule has 0 aliphatic rings. The van der Waals surface area contributed by atoms with Crippen LogP contribution in [0, 0.1) is 6.92 Å². The molecule has 2 N–H and O–H groups in total. The fourth-order valence-corrected chi connectivity index (χ4v) is 1.35. The van der Waals surface area contributed by atoms with Crippen molar-refractivity contribution in [2.75, 3.05) is 18.5 Å². The first kappa shape index (κ1) is 13.1. The van der Waals surface area contributed by atoms with Crippen LogP contribution >= 0.6 is 0 Å². The number of nitrogens with one attached hydrogen (secondary N) is 2. The van der Waals surface area contributed by atoms with E-state index in [1.807, 2.05) is 20.8 Å². The van der Waals surface area contributed by atoms with Crippen molar-refractivity contribution in [3.8, 4) is 17.9 Å². The molecule has 8 nitrogen and oxygen atoms in total. The van der Waals surface area contributed by atoms with Gasteiger partial charge in [-0.2, -0.15) is 9.97 Å². The molecular weight excluding hydrogens is 248 g/mol. The van der Waals surface area contributed by atoms with Gasteiger partial charge in [0.1, 0.15) is 0 Å². The second-order valence-electron chi connectivity index (χ2n) is 3.68. The molecule has 102 valence electrons. The van der Waals surface area contributed by atoms with E-state index in [1.165, 1.54) is 0 Å². The van der Waals surface area contributed by atoms with Crippen molar-refractivity contribution in [2.24, 2.45) is 0 Å². The number of nitrogens with zero attached hydrogens (tertiary/aromatic N) is 4. The van der Waals surface area contributed by atoms with E-state index < -0.39 is 0 Å². The summed E-state index contributed by atoms with van der Waals surface area (Å²) >= 11 is 0. The first-order valence-electron chi connectivity index (χ1n) is 6.04. The molecule has 0 aliphatic carbocycles. The van der Waals surface area contributed by atoms with Gasteiger partial charge < -0.3 is 14.8 Å². The zero-order chi connectivity index (χ0) is 13.7. The molecule has 0 saturated carbocycles. The Morgan fingerprint density at radius 1 is 1.21 bits per heavy atom. The van der Waals surface area contributed by atoms with Crippen molar-refractivity contribution >= 4 is 5.95 Å². The number of H-pyrrole nitrogens is 1. The second kappa shape index (κ2) is 5.98. The number of hydrogen-bond donors (Lipinski definition) is 2. The Kier molecular flexibility index (Phi) is 4.11. The molecule has 2 aromatic rings. The Balaban J connectivity index is 2.22. The summed E-state index contributed by atoms with van der Waals surface area (Å²) in [5.74, 6) is 0.803. The molecule has 2 heterocycles. The average molecular weight is 264 g/mol. The fourth-order valence-electron chi connectivity index (χ4n) is 1.35. The highest BCUT2D eigenvalue weighted by Gasteiger charge is 2.10. The largest absolute Gasteiger partial charge is 0.464 e. The van der Waals surface area contributed by atoms with Crippen molar-refractivity contribution in [3.05, 3.63) is 11.8 Å². The van der Waals surface area contributed by atoms with Crippen molar-refractivity contribution < 1.29 is 9.47 Å². The molecule has 0 aliphatic heterocycles. The summed E-state index contributed by atoms with van der Waals surface area (Å²) in [6.07, 6.45) is 0. The number of hydrogen-bond acceptors (Lipinski definition) is 7. The van der Waals surface area contributed by atoms with Gasteiger partial charge in [0, 0.05) is 18.3 Å². The minimum Gasteiger partial charge on any atom is -0.464 e. The highest BCUT2D eigenvalue weighted by atomic mass is 16.5. The highest BCUT2D eigenvalue weighted by Crippen LogP contribution is 2.19. The summed E-state index contributed by atoms with van der Waals surface area (Å²) in [4.78, 5) is 12.3. The Morgan fingerprint density at radius 2 is 2.00 bits per heavy atom. The van der Waals surface area contributed by atoms with Gasteiger partial charge in [-0.3, -0.25) is 5.10 Å². The van der Waals surface area contributed by atoms with E-state index in [4.69, 9.17) is 9.47 Å². The second-order valence-corrected chi connectivity index (χ2v) is 3.68. The summed E-state index contributed by atoms with van der Waals surface area (Å²) < 4.78 is 10.7. The molecule has 0 fully saturated rings. The van der Waals surface area contributed by atoms with Crippen molar-refractivity contribution in [3.63, 3.8) is 0 Å². The Hall–Kier alpha value is -2.38. The fraction of sp³-hybridized carbons (Fsp3) is 0.455. The highest BCUT2D eigenvalue weighted by molar-refractivity contribution is 5.28. The Morgan fingerprint density at radius 3 is 2.63 bits per heavy atom.